The Labute approximate surface area is 129 Å². The second kappa shape index (κ2) is 5.33. The summed E-state index contributed by atoms with van der Waals surface area (Å²) in [5, 5.41) is 5.07. The first-order chi connectivity index (χ1) is 10.6. The highest BCUT2D eigenvalue weighted by atomic mass is 32.2. The zero-order chi connectivity index (χ0) is 15.2. The van der Waals surface area contributed by atoms with Crippen molar-refractivity contribution in [2.75, 3.05) is 26.2 Å². The molecule has 1 aromatic carbocycles. The Morgan fingerprint density at radius 1 is 1.14 bits per heavy atom. The van der Waals surface area contributed by atoms with E-state index in [-0.39, 0.29) is 5.25 Å². The van der Waals surface area contributed by atoms with Crippen molar-refractivity contribution in [2.24, 2.45) is 0 Å². The molecule has 0 atom stereocenters. The maximum atomic E-state index is 12.2. The van der Waals surface area contributed by atoms with E-state index in [9.17, 15) is 8.42 Å². The monoisotopic (exact) mass is 321 g/mol. The van der Waals surface area contributed by atoms with Crippen LogP contribution < -0.4 is 0 Å². The molecule has 1 aliphatic carbocycles. The van der Waals surface area contributed by atoms with Gasteiger partial charge in [-0.1, -0.05) is 17.3 Å². The van der Waals surface area contributed by atoms with E-state index in [4.69, 9.17) is 4.52 Å². The summed E-state index contributed by atoms with van der Waals surface area (Å²) in [6.07, 6.45) is 1.65. The van der Waals surface area contributed by atoms with Crippen LogP contribution >= 0.6 is 0 Å². The van der Waals surface area contributed by atoms with Crippen LogP contribution in [0.1, 0.15) is 18.5 Å². The van der Waals surface area contributed by atoms with Gasteiger partial charge in [-0.2, -0.15) is 4.31 Å². The first-order valence-electron chi connectivity index (χ1n) is 7.69. The van der Waals surface area contributed by atoms with E-state index in [1.165, 1.54) is 0 Å². The minimum atomic E-state index is -3.04. The molecule has 2 heterocycles. The van der Waals surface area contributed by atoms with Crippen LogP contribution in [-0.4, -0.2) is 54.2 Å². The highest BCUT2D eigenvalue weighted by Gasteiger charge is 2.40. The van der Waals surface area contributed by atoms with Gasteiger partial charge in [-0.25, -0.2) is 8.42 Å². The van der Waals surface area contributed by atoms with Gasteiger partial charge in [0, 0.05) is 38.1 Å². The fourth-order valence-electron chi connectivity index (χ4n) is 2.98. The first kappa shape index (κ1) is 14.2. The highest BCUT2D eigenvalue weighted by Crippen LogP contribution is 2.31. The average Bonchev–Trinajstić information content (AvgIpc) is 3.32. The molecule has 1 aromatic heterocycles. The van der Waals surface area contributed by atoms with Crippen LogP contribution in [0.15, 0.2) is 28.8 Å². The van der Waals surface area contributed by atoms with Crippen molar-refractivity contribution in [1.82, 2.24) is 14.4 Å². The van der Waals surface area contributed by atoms with E-state index in [1.54, 1.807) is 4.31 Å². The van der Waals surface area contributed by atoms with Crippen molar-refractivity contribution >= 4 is 21.0 Å². The molecule has 118 valence electrons. The molecule has 2 aliphatic rings. The summed E-state index contributed by atoms with van der Waals surface area (Å²) in [6.45, 7) is 3.35. The molecule has 2 fully saturated rings. The number of nitrogens with zero attached hydrogens (tertiary/aromatic N) is 3. The maximum absolute atomic E-state index is 12.2. The molecule has 0 radical (unpaired) electrons. The number of para-hydroxylation sites is 1. The van der Waals surface area contributed by atoms with Crippen molar-refractivity contribution in [3.05, 3.63) is 30.0 Å². The summed E-state index contributed by atoms with van der Waals surface area (Å²) < 4.78 is 31.4. The van der Waals surface area contributed by atoms with Crippen LogP contribution in [-0.2, 0) is 16.6 Å². The number of fused-ring (bicyclic) bond motifs is 1. The molecule has 7 heteroatoms. The van der Waals surface area contributed by atoms with E-state index in [2.05, 4.69) is 10.1 Å². The van der Waals surface area contributed by atoms with Gasteiger partial charge in [-0.05, 0) is 25.0 Å². The van der Waals surface area contributed by atoms with Crippen LogP contribution in [0.2, 0.25) is 0 Å². The molecule has 22 heavy (non-hydrogen) atoms. The lowest BCUT2D eigenvalue weighted by Crippen LogP contribution is -2.49. The summed E-state index contributed by atoms with van der Waals surface area (Å²) in [5.41, 5.74) is 1.72. The number of sulfonamides is 1. The summed E-state index contributed by atoms with van der Waals surface area (Å²) >= 11 is 0. The Bertz CT molecular complexity index is 774. The zero-order valence-electron chi connectivity index (χ0n) is 12.3. The van der Waals surface area contributed by atoms with Crippen LogP contribution in [0, 0.1) is 0 Å². The molecule has 6 nitrogen and oxygen atoms in total. The summed E-state index contributed by atoms with van der Waals surface area (Å²) in [7, 11) is -3.04. The van der Waals surface area contributed by atoms with Gasteiger partial charge in [0.05, 0.1) is 5.25 Å². The minimum Gasteiger partial charge on any atom is -0.356 e. The van der Waals surface area contributed by atoms with Gasteiger partial charge in [-0.15, -0.1) is 0 Å². The molecular weight excluding hydrogens is 302 g/mol. The van der Waals surface area contributed by atoms with E-state index < -0.39 is 10.0 Å². The molecule has 0 N–H and O–H groups in total. The number of aromatic nitrogens is 1. The standard InChI is InChI=1S/C15H19N3O3S/c19-22(20,12-5-6-12)18-9-7-17(8-10-18)11-14-13-3-1-2-4-15(13)21-16-14/h1-4,12H,5-11H2. The maximum Gasteiger partial charge on any atom is 0.217 e. The SMILES string of the molecule is O=S(=O)(C1CC1)N1CCN(Cc2noc3ccccc23)CC1. The van der Waals surface area contributed by atoms with Crippen LogP contribution in [0.5, 0.6) is 0 Å². The zero-order valence-corrected chi connectivity index (χ0v) is 13.1. The Morgan fingerprint density at radius 3 is 2.59 bits per heavy atom. The number of rotatable bonds is 4. The first-order valence-corrected chi connectivity index (χ1v) is 9.19. The predicted molar refractivity (Wildman–Crippen MR) is 82.8 cm³/mol. The van der Waals surface area contributed by atoms with Crippen LogP contribution in [0.25, 0.3) is 11.0 Å². The van der Waals surface area contributed by atoms with Crippen LogP contribution in [0.4, 0.5) is 0 Å². The molecule has 4 rings (SSSR count). The van der Waals surface area contributed by atoms with E-state index in [1.807, 2.05) is 24.3 Å². The Balaban J connectivity index is 1.42. The smallest absolute Gasteiger partial charge is 0.217 e. The normalized spacial score (nSPS) is 21.5. The summed E-state index contributed by atoms with van der Waals surface area (Å²) in [4.78, 5) is 2.24. The fraction of sp³-hybridized carbons (Fsp3) is 0.533. The summed E-state index contributed by atoms with van der Waals surface area (Å²) in [6, 6.07) is 7.82. The van der Waals surface area contributed by atoms with Gasteiger partial charge in [0.25, 0.3) is 0 Å². The molecule has 0 bridgehead atoms. The number of piperazine rings is 1. The number of benzene rings is 1. The van der Waals surface area contributed by atoms with Gasteiger partial charge in [0.15, 0.2) is 5.58 Å². The van der Waals surface area contributed by atoms with E-state index >= 15 is 0 Å². The van der Waals surface area contributed by atoms with Crippen molar-refractivity contribution < 1.29 is 12.9 Å². The molecule has 0 spiro atoms. The Kier molecular flexibility index (Phi) is 3.43. The van der Waals surface area contributed by atoms with Gasteiger partial charge < -0.3 is 4.52 Å². The molecule has 0 unspecified atom stereocenters. The van der Waals surface area contributed by atoms with Crippen LogP contribution in [0.3, 0.4) is 0 Å². The third kappa shape index (κ3) is 2.53. The van der Waals surface area contributed by atoms with E-state index in [0.29, 0.717) is 19.6 Å². The summed E-state index contributed by atoms with van der Waals surface area (Å²) in [5.74, 6) is 0. The second-order valence-electron chi connectivity index (χ2n) is 6.04. The second-order valence-corrected chi connectivity index (χ2v) is 8.26. The van der Waals surface area contributed by atoms with Gasteiger partial charge >= 0.3 is 0 Å². The molecule has 1 saturated carbocycles. The third-order valence-corrected chi connectivity index (χ3v) is 6.86. The average molecular weight is 321 g/mol. The third-order valence-electron chi connectivity index (χ3n) is 4.46. The Morgan fingerprint density at radius 2 is 1.86 bits per heavy atom. The molecular formula is C15H19N3O3S. The van der Waals surface area contributed by atoms with E-state index in [0.717, 1.165) is 42.6 Å². The topological polar surface area (TPSA) is 66.7 Å². The van der Waals surface area contributed by atoms with Crippen molar-refractivity contribution in [1.29, 1.82) is 0 Å². The molecule has 0 amide bonds. The largest absolute Gasteiger partial charge is 0.356 e. The van der Waals surface area contributed by atoms with Crippen molar-refractivity contribution in [2.45, 2.75) is 24.6 Å². The minimum absolute atomic E-state index is 0.112. The molecule has 2 aromatic rings. The quantitative estimate of drug-likeness (QED) is 0.852. The lowest BCUT2D eigenvalue weighted by atomic mass is 10.2. The molecule has 1 saturated heterocycles. The van der Waals surface area contributed by atoms with Gasteiger partial charge in [0.1, 0.15) is 5.69 Å². The highest BCUT2D eigenvalue weighted by molar-refractivity contribution is 7.90. The van der Waals surface area contributed by atoms with Gasteiger partial charge in [0.2, 0.25) is 10.0 Å². The number of hydrogen-bond donors (Lipinski definition) is 0. The number of hydrogen-bond acceptors (Lipinski definition) is 5. The lowest BCUT2D eigenvalue weighted by Gasteiger charge is -2.33. The fourth-order valence-corrected chi connectivity index (χ4v) is 4.81. The Hall–Kier alpha value is -1.44. The molecule has 1 aliphatic heterocycles. The van der Waals surface area contributed by atoms with Crippen molar-refractivity contribution in [3.8, 4) is 0 Å². The lowest BCUT2D eigenvalue weighted by molar-refractivity contribution is 0.178. The van der Waals surface area contributed by atoms with Crippen molar-refractivity contribution in [3.63, 3.8) is 0 Å². The van der Waals surface area contributed by atoms with Gasteiger partial charge in [-0.3, -0.25) is 4.90 Å². The predicted octanol–water partition coefficient (Wildman–Crippen LogP) is 1.44.